The van der Waals surface area contributed by atoms with E-state index >= 15 is 0 Å². The van der Waals surface area contributed by atoms with Crippen molar-refractivity contribution in [3.05, 3.63) is 64.5 Å². The second kappa shape index (κ2) is 7.54. The Balaban J connectivity index is 1.80. The van der Waals surface area contributed by atoms with Crippen LogP contribution in [-0.4, -0.2) is 21.6 Å². The van der Waals surface area contributed by atoms with Crippen molar-refractivity contribution in [2.45, 2.75) is 24.5 Å². The molecule has 0 amide bonds. The first kappa shape index (κ1) is 19.5. The molecule has 7 heteroatoms. The molecular weight excluding hydrogens is 404 g/mol. The van der Waals surface area contributed by atoms with Crippen LogP contribution in [0.2, 0.25) is 0 Å². The average Bonchev–Trinajstić information content (AvgIpc) is 3.19. The summed E-state index contributed by atoms with van der Waals surface area (Å²) in [6.45, 7) is 4.49. The Hall–Kier alpha value is -2.82. The van der Waals surface area contributed by atoms with Gasteiger partial charge in [0.1, 0.15) is 16.6 Å². The molecule has 0 unspecified atom stereocenters. The highest BCUT2D eigenvalue weighted by Gasteiger charge is 2.31. The van der Waals surface area contributed by atoms with Crippen LogP contribution in [-0.2, 0) is 16.4 Å². The van der Waals surface area contributed by atoms with Gasteiger partial charge in [0.15, 0.2) is 0 Å². The first-order valence-electron chi connectivity index (χ1n) is 9.33. The molecule has 0 aliphatic carbocycles. The lowest BCUT2D eigenvalue weighted by Gasteiger charge is -2.30. The zero-order valence-corrected chi connectivity index (χ0v) is 17.8. The fourth-order valence-electron chi connectivity index (χ4n) is 3.46. The molecule has 148 valence electrons. The van der Waals surface area contributed by atoms with Crippen LogP contribution in [0, 0.1) is 18.3 Å². The third-order valence-electron chi connectivity index (χ3n) is 4.98. The number of hydrogen-bond acceptors (Lipinski definition) is 5. The summed E-state index contributed by atoms with van der Waals surface area (Å²) in [5.41, 5.74) is 4.00. The summed E-state index contributed by atoms with van der Waals surface area (Å²) < 4.78 is 34.0. The van der Waals surface area contributed by atoms with Crippen molar-refractivity contribution in [1.29, 1.82) is 5.26 Å². The standard InChI is InChI=1S/C22H20N2O3S2/c1-3-16-12-17(5-6-19(16)14-23)18-7-8-21-20(13-18)24(10-11-27-21)29(25,26)22-9-4-15(2)28-22/h4-9,12-13H,3,10-11H2,1-2H3. The van der Waals surface area contributed by atoms with Crippen molar-refractivity contribution < 1.29 is 13.2 Å². The third-order valence-corrected chi connectivity index (χ3v) is 8.26. The van der Waals surface area contributed by atoms with Gasteiger partial charge < -0.3 is 4.74 Å². The fraction of sp³-hybridized carbons (Fsp3) is 0.227. The molecule has 5 nitrogen and oxygen atoms in total. The van der Waals surface area contributed by atoms with Crippen molar-refractivity contribution in [2.75, 3.05) is 17.5 Å². The number of rotatable bonds is 4. The molecular formula is C22H20N2O3S2. The molecule has 1 aliphatic rings. The van der Waals surface area contributed by atoms with Gasteiger partial charge in [0.2, 0.25) is 0 Å². The summed E-state index contributed by atoms with van der Waals surface area (Å²) in [7, 11) is -3.65. The summed E-state index contributed by atoms with van der Waals surface area (Å²) in [5.74, 6) is 0.557. The van der Waals surface area contributed by atoms with E-state index in [0.717, 1.165) is 28.0 Å². The predicted molar refractivity (Wildman–Crippen MR) is 115 cm³/mol. The van der Waals surface area contributed by atoms with Crippen molar-refractivity contribution in [3.8, 4) is 22.9 Å². The van der Waals surface area contributed by atoms with E-state index in [1.807, 2.05) is 56.3 Å². The smallest absolute Gasteiger partial charge is 0.274 e. The van der Waals surface area contributed by atoms with Crippen LogP contribution in [0.15, 0.2) is 52.7 Å². The van der Waals surface area contributed by atoms with Gasteiger partial charge in [-0.25, -0.2) is 8.42 Å². The van der Waals surface area contributed by atoms with Crippen LogP contribution in [0.1, 0.15) is 22.9 Å². The first-order chi connectivity index (χ1) is 13.9. The Labute approximate surface area is 174 Å². The van der Waals surface area contributed by atoms with Gasteiger partial charge in [0.05, 0.1) is 23.9 Å². The number of benzene rings is 2. The van der Waals surface area contributed by atoms with Gasteiger partial charge in [-0.05, 0) is 66.4 Å². The molecule has 2 heterocycles. The molecule has 3 aromatic rings. The molecule has 1 aliphatic heterocycles. The van der Waals surface area contributed by atoms with Crippen molar-refractivity contribution >= 4 is 27.0 Å². The molecule has 29 heavy (non-hydrogen) atoms. The van der Waals surface area contributed by atoms with E-state index in [0.29, 0.717) is 27.8 Å². The minimum absolute atomic E-state index is 0.267. The predicted octanol–water partition coefficient (Wildman–Crippen LogP) is 4.75. The van der Waals surface area contributed by atoms with E-state index in [9.17, 15) is 13.7 Å². The number of nitriles is 1. The Kier molecular flexibility index (Phi) is 5.07. The normalized spacial score (nSPS) is 13.5. The second-order valence-electron chi connectivity index (χ2n) is 6.81. The summed E-state index contributed by atoms with van der Waals surface area (Å²) in [4.78, 5) is 0.954. The lowest BCUT2D eigenvalue weighted by molar-refractivity contribution is 0.316. The summed E-state index contributed by atoms with van der Waals surface area (Å²) in [5, 5.41) is 9.26. The van der Waals surface area contributed by atoms with Crippen LogP contribution in [0.5, 0.6) is 5.75 Å². The van der Waals surface area contributed by atoms with Gasteiger partial charge in [0, 0.05) is 4.88 Å². The molecule has 0 spiro atoms. The van der Waals surface area contributed by atoms with Crippen LogP contribution in [0.25, 0.3) is 11.1 Å². The Morgan fingerprint density at radius 2 is 1.90 bits per heavy atom. The monoisotopic (exact) mass is 424 g/mol. The molecule has 4 rings (SSSR count). The highest BCUT2D eigenvalue weighted by atomic mass is 32.2. The highest BCUT2D eigenvalue weighted by molar-refractivity contribution is 7.94. The molecule has 0 bridgehead atoms. The van der Waals surface area contributed by atoms with E-state index in [1.54, 1.807) is 6.07 Å². The maximum absolute atomic E-state index is 13.2. The van der Waals surface area contributed by atoms with E-state index in [-0.39, 0.29) is 6.54 Å². The number of ether oxygens (including phenoxy) is 1. The molecule has 0 saturated carbocycles. The molecule has 0 radical (unpaired) electrons. The summed E-state index contributed by atoms with van der Waals surface area (Å²) >= 11 is 1.27. The van der Waals surface area contributed by atoms with E-state index in [2.05, 4.69) is 6.07 Å². The maximum atomic E-state index is 13.2. The molecule has 0 N–H and O–H groups in total. The van der Waals surface area contributed by atoms with Crippen LogP contribution >= 0.6 is 11.3 Å². The summed E-state index contributed by atoms with van der Waals surface area (Å²) in [6, 6.07) is 17.0. The number of sulfonamides is 1. The summed E-state index contributed by atoms with van der Waals surface area (Å²) in [6.07, 6.45) is 0.753. The minimum Gasteiger partial charge on any atom is -0.489 e. The quantitative estimate of drug-likeness (QED) is 0.606. The number of nitrogens with zero attached hydrogens (tertiary/aromatic N) is 2. The number of hydrogen-bond donors (Lipinski definition) is 0. The Bertz CT molecular complexity index is 1220. The molecule has 0 saturated heterocycles. The zero-order chi connectivity index (χ0) is 20.6. The second-order valence-corrected chi connectivity index (χ2v) is 10.2. The van der Waals surface area contributed by atoms with Gasteiger partial charge >= 0.3 is 0 Å². The van der Waals surface area contributed by atoms with E-state index in [1.165, 1.54) is 15.6 Å². The minimum atomic E-state index is -3.65. The van der Waals surface area contributed by atoms with Gasteiger partial charge in [-0.15, -0.1) is 11.3 Å². The topological polar surface area (TPSA) is 70.4 Å². The lowest BCUT2D eigenvalue weighted by Crippen LogP contribution is -2.37. The van der Waals surface area contributed by atoms with Crippen molar-refractivity contribution in [1.82, 2.24) is 0 Å². The van der Waals surface area contributed by atoms with Crippen molar-refractivity contribution in [2.24, 2.45) is 0 Å². The van der Waals surface area contributed by atoms with E-state index < -0.39 is 10.0 Å². The van der Waals surface area contributed by atoms with Gasteiger partial charge in [-0.3, -0.25) is 4.31 Å². The zero-order valence-electron chi connectivity index (χ0n) is 16.2. The average molecular weight is 425 g/mol. The molecule has 2 aromatic carbocycles. The number of thiophene rings is 1. The highest BCUT2D eigenvalue weighted by Crippen LogP contribution is 2.39. The maximum Gasteiger partial charge on any atom is 0.274 e. The van der Waals surface area contributed by atoms with Crippen molar-refractivity contribution in [3.63, 3.8) is 0 Å². The van der Waals surface area contributed by atoms with Crippen LogP contribution in [0.3, 0.4) is 0 Å². The van der Waals surface area contributed by atoms with Gasteiger partial charge in [-0.2, -0.15) is 5.26 Å². The SMILES string of the molecule is CCc1cc(-c2ccc3c(c2)N(S(=O)(=O)c2ccc(C)s2)CCO3)ccc1C#N. The largest absolute Gasteiger partial charge is 0.489 e. The number of anilines is 1. The van der Waals surface area contributed by atoms with Gasteiger partial charge in [-0.1, -0.05) is 19.1 Å². The lowest BCUT2D eigenvalue weighted by atomic mass is 9.97. The van der Waals surface area contributed by atoms with Crippen LogP contribution in [0.4, 0.5) is 5.69 Å². The molecule has 0 atom stereocenters. The first-order valence-corrected chi connectivity index (χ1v) is 11.6. The Morgan fingerprint density at radius 3 is 2.59 bits per heavy atom. The number of fused-ring (bicyclic) bond motifs is 1. The van der Waals surface area contributed by atoms with Gasteiger partial charge in [0.25, 0.3) is 10.0 Å². The van der Waals surface area contributed by atoms with Crippen LogP contribution < -0.4 is 9.04 Å². The molecule has 1 aromatic heterocycles. The van der Waals surface area contributed by atoms with E-state index in [4.69, 9.17) is 4.74 Å². The molecule has 0 fully saturated rings. The third kappa shape index (κ3) is 3.50. The Morgan fingerprint density at radius 1 is 1.14 bits per heavy atom. The number of aryl methyl sites for hydroxylation is 2. The fourth-order valence-corrected chi connectivity index (χ4v) is 6.31.